The number of hydrogen-bond donors (Lipinski definition) is 0. The van der Waals surface area contributed by atoms with Gasteiger partial charge in [-0.3, -0.25) is 0 Å². The van der Waals surface area contributed by atoms with Gasteiger partial charge in [0.05, 0.1) is 0 Å². The molecule has 0 saturated carbocycles. The maximum absolute atomic E-state index is 8.90. The molecule has 7 aromatic carbocycles. The van der Waals surface area contributed by atoms with E-state index in [1.807, 2.05) is 131 Å². The number of anilines is 9. The van der Waals surface area contributed by atoms with Crippen molar-refractivity contribution in [2.75, 3.05) is 38.5 Å². The molecule has 0 unspecified atom stereocenters. The number of rotatable bonds is 3. The van der Waals surface area contributed by atoms with Crippen molar-refractivity contribution in [1.82, 2.24) is 0 Å². The summed E-state index contributed by atoms with van der Waals surface area (Å²) in [6.45, 7) is -5.18. The van der Waals surface area contributed by atoms with E-state index in [0.717, 1.165) is 27.9 Å². The summed E-state index contributed by atoms with van der Waals surface area (Å²) in [7, 11) is 0. The van der Waals surface area contributed by atoms with Crippen molar-refractivity contribution < 1.29 is 25.9 Å². The summed E-state index contributed by atoms with van der Waals surface area (Å²) >= 11 is -1.59. The van der Waals surface area contributed by atoms with Crippen LogP contribution in [0, 0.1) is 12.1 Å². The molecule has 0 fully saturated rings. The van der Waals surface area contributed by atoms with Crippen LogP contribution in [0.1, 0.15) is 8.22 Å². The Morgan fingerprint density at radius 2 is 0.788 bits per heavy atom. The molecular formula is C46H33N5Pt-2. The predicted octanol–water partition coefficient (Wildman–Crippen LogP) is 10.5. The van der Waals surface area contributed by atoms with Crippen LogP contribution in [0.15, 0.2) is 164 Å². The van der Waals surface area contributed by atoms with Gasteiger partial charge in [-0.05, 0) is 0 Å². The van der Waals surface area contributed by atoms with Crippen LogP contribution in [0.2, 0.25) is 0 Å². The molecule has 0 spiro atoms. The van der Waals surface area contributed by atoms with Gasteiger partial charge in [-0.1, -0.05) is 0 Å². The fourth-order valence-electron chi connectivity index (χ4n) is 7.17. The first-order chi connectivity index (χ1) is 28.1. The van der Waals surface area contributed by atoms with Crippen LogP contribution in [0.3, 0.4) is 0 Å². The molecule has 5 nitrogen and oxygen atoms in total. The van der Waals surface area contributed by atoms with Gasteiger partial charge in [-0.25, -0.2) is 0 Å². The average Bonchev–Trinajstić information content (AvgIpc) is 3.74. The average molecular weight is 857 g/mol. The van der Waals surface area contributed by atoms with Crippen molar-refractivity contribution in [3.05, 3.63) is 176 Å². The van der Waals surface area contributed by atoms with Gasteiger partial charge in [-0.15, -0.1) is 0 Å². The fraction of sp³-hybridized carbons (Fsp3) is 0.0435. The standard InChI is InChI=1S/C46H33N5.Pt/c1-47-32-49(44-28-11-9-26-42(44)47)36-20-13-22-38(30-36)51(39-23-14-21-37(31-39)50-33-48(2)43-27-10-12-29-45(43)50)46-40(34-16-5-3-6-17-34)24-15-25-41(46)35-18-7-4-8-19-35;/h3-29H,1-2H3;/q-2;/i1D3,2D3;. The van der Waals surface area contributed by atoms with Crippen molar-refractivity contribution in [3.63, 3.8) is 0 Å². The van der Waals surface area contributed by atoms with Gasteiger partial charge in [0.15, 0.2) is 0 Å². The summed E-state index contributed by atoms with van der Waals surface area (Å²) in [6.07, 6.45) is 0. The molecule has 52 heavy (non-hydrogen) atoms. The predicted molar refractivity (Wildman–Crippen MR) is 214 cm³/mol. The Hall–Kier alpha value is -6.03. The molecule has 3 heterocycles. The van der Waals surface area contributed by atoms with E-state index in [1.165, 1.54) is 9.80 Å². The zero-order valence-corrected chi connectivity index (χ0v) is 29.9. The van der Waals surface area contributed by atoms with Crippen molar-refractivity contribution in [3.8, 4) is 22.3 Å². The summed E-state index contributed by atoms with van der Waals surface area (Å²) in [5.41, 5.74) is 9.95. The number of fused-ring (bicyclic) bond motifs is 12. The van der Waals surface area contributed by atoms with E-state index in [0.29, 0.717) is 53.8 Å². The Labute approximate surface area is 320 Å². The molecule has 7 aromatic rings. The molecule has 4 bridgehead atoms. The van der Waals surface area contributed by atoms with Gasteiger partial charge in [-0.2, -0.15) is 0 Å². The van der Waals surface area contributed by atoms with Crippen LogP contribution in [-0.2, 0) is 17.6 Å². The molecule has 254 valence electrons. The van der Waals surface area contributed by atoms with Crippen molar-refractivity contribution in [2.45, 2.75) is 0 Å². The first-order valence-corrected chi connectivity index (χ1v) is 19.2. The zero-order chi connectivity index (χ0) is 39.8. The molecule has 6 heteroatoms. The summed E-state index contributed by atoms with van der Waals surface area (Å²) in [4.78, 5) is 8.91. The summed E-state index contributed by atoms with van der Waals surface area (Å²) in [5.74, 6) is 0. The molecular weight excluding hydrogens is 818 g/mol. The third-order valence-electron chi connectivity index (χ3n) is 9.47. The van der Waals surface area contributed by atoms with Gasteiger partial charge in [0, 0.05) is 0 Å². The Morgan fingerprint density at radius 1 is 0.404 bits per heavy atom. The molecule has 3 aliphatic rings. The maximum atomic E-state index is 8.90. The van der Waals surface area contributed by atoms with E-state index < -0.39 is 31.6 Å². The minimum atomic E-state index is -2.59. The van der Waals surface area contributed by atoms with Crippen LogP contribution in [0.25, 0.3) is 22.3 Å². The first-order valence-electron chi connectivity index (χ1n) is 19.9. The molecule has 0 amide bonds. The van der Waals surface area contributed by atoms with Gasteiger partial charge in [0.2, 0.25) is 0 Å². The molecule has 0 aromatic heterocycles. The molecule has 0 atom stereocenters. The van der Waals surface area contributed by atoms with E-state index in [-0.39, 0.29) is 0 Å². The summed E-state index contributed by atoms with van der Waals surface area (Å²) in [6, 6.07) is 61.1. The molecule has 3 aliphatic heterocycles. The second kappa shape index (κ2) is 12.3. The third-order valence-corrected chi connectivity index (χ3v) is 12.5. The van der Waals surface area contributed by atoms with Crippen LogP contribution in [0.5, 0.6) is 0 Å². The van der Waals surface area contributed by atoms with Crippen molar-refractivity contribution >= 4 is 59.5 Å². The Balaban J connectivity index is 1.36. The SMILES string of the molecule is [2H]C([2H])([2H])N1[C]2=[Pt]=[C]3N(c4[c-]c(ccc4)N(c4c(-c5ccccc5)cccc4-c4ccccc4)c4[c-]c(ccc4)N2c2ccccc21)c1ccccc1N3C([2H])([2H])[2H]. The number of benzene rings is 7. The van der Waals surface area contributed by atoms with Gasteiger partial charge < -0.3 is 0 Å². The van der Waals surface area contributed by atoms with Gasteiger partial charge >= 0.3 is 322 Å². The molecule has 0 saturated heterocycles. The van der Waals surface area contributed by atoms with Crippen molar-refractivity contribution in [2.24, 2.45) is 0 Å². The van der Waals surface area contributed by atoms with Crippen LogP contribution < -0.4 is 24.5 Å². The second-order valence-electron chi connectivity index (χ2n) is 12.5. The summed E-state index contributed by atoms with van der Waals surface area (Å²) < 4.78 is 54.3. The summed E-state index contributed by atoms with van der Waals surface area (Å²) in [5, 5.41) is 0. The van der Waals surface area contributed by atoms with Gasteiger partial charge in [0.25, 0.3) is 0 Å². The zero-order valence-electron chi connectivity index (χ0n) is 33.6. The van der Waals surface area contributed by atoms with Crippen LogP contribution >= 0.6 is 0 Å². The number of hydrogen-bond acceptors (Lipinski definition) is 5. The Morgan fingerprint density at radius 3 is 1.23 bits per heavy atom. The second-order valence-corrected chi connectivity index (χ2v) is 15.1. The fourth-order valence-corrected chi connectivity index (χ4v) is 10.3. The normalized spacial score (nSPS) is 16.7. The molecule has 10 rings (SSSR count). The number of nitrogens with zero attached hydrogens (tertiary/aromatic N) is 5. The van der Waals surface area contributed by atoms with E-state index in [9.17, 15) is 0 Å². The van der Waals surface area contributed by atoms with Crippen molar-refractivity contribution in [1.29, 1.82) is 0 Å². The van der Waals surface area contributed by atoms with E-state index >= 15 is 0 Å². The van der Waals surface area contributed by atoms with Crippen LogP contribution in [0.4, 0.5) is 51.2 Å². The topological polar surface area (TPSA) is 16.2 Å². The first kappa shape index (κ1) is 25.0. The van der Waals surface area contributed by atoms with E-state index in [4.69, 9.17) is 8.22 Å². The van der Waals surface area contributed by atoms with E-state index in [1.54, 1.807) is 0 Å². The number of para-hydroxylation sites is 5. The quantitative estimate of drug-likeness (QED) is 0.164. The minimum absolute atomic E-state index is 0.481. The third kappa shape index (κ3) is 4.81. The van der Waals surface area contributed by atoms with E-state index in [2.05, 4.69) is 59.5 Å². The Bertz CT molecular complexity index is 2620. The monoisotopic (exact) mass is 856 g/mol. The molecule has 0 aliphatic carbocycles. The van der Waals surface area contributed by atoms with Gasteiger partial charge in [0.1, 0.15) is 0 Å². The Kier molecular flexibility index (Phi) is 5.93. The molecule has 0 radical (unpaired) electrons. The van der Waals surface area contributed by atoms with Crippen LogP contribution in [-0.4, -0.2) is 22.2 Å². The molecule has 0 N–H and O–H groups in total.